The van der Waals surface area contributed by atoms with Gasteiger partial charge in [-0.05, 0) is 23.6 Å². The molecule has 0 bridgehead atoms. The van der Waals surface area contributed by atoms with Crippen molar-refractivity contribution in [2.45, 2.75) is 25.9 Å². The van der Waals surface area contributed by atoms with Crippen molar-refractivity contribution in [3.05, 3.63) is 82.6 Å². The largest absolute Gasteiger partial charge is 0.463 e. The third-order valence-corrected chi connectivity index (χ3v) is 5.54. The molecule has 0 saturated heterocycles. The van der Waals surface area contributed by atoms with E-state index in [4.69, 9.17) is 4.42 Å². The minimum atomic E-state index is -0.418. The maximum Gasteiger partial charge on any atom is 0.261 e. The van der Waals surface area contributed by atoms with Gasteiger partial charge >= 0.3 is 0 Å². The first-order valence-electron chi connectivity index (χ1n) is 9.13. The van der Waals surface area contributed by atoms with Gasteiger partial charge in [0, 0.05) is 22.9 Å². The van der Waals surface area contributed by atoms with E-state index in [1.807, 2.05) is 55.5 Å². The number of fused-ring (bicyclic) bond motifs is 1. The van der Waals surface area contributed by atoms with Crippen molar-refractivity contribution >= 4 is 33.3 Å². The maximum atomic E-state index is 12.6. The smallest absolute Gasteiger partial charge is 0.261 e. The third-order valence-electron chi connectivity index (χ3n) is 4.63. The quantitative estimate of drug-likeness (QED) is 0.474. The number of para-hydroxylation sites is 1. The van der Waals surface area contributed by atoms with Crippen LogP contribution >= 0.6 is 11.3 Å². The Hall–Kier alpha value is -2.96. The fraction of sp³-hybridized carbons (Fsp3) is 0.182. The monoisotopic (exact) mass is 392 g/mol. The summed E-state index contributed by atoms with van der Waals surface area (Å²) >= 11 is 1.45. The molecule has 0 saturated carbocycles. The summed E-state index contributed by atoms with van der Waals surface area (Å²) in [5, 5.41) is 14.1. The topological polar surface area (TPSA) is 75.4 Å². The van der Waals surface area contributed by atoms with Gasteiger partial charge in [-0.25, -0.2) is 4.98 Å². The van der Waals surface area contributed by atoms with Gasteiger partial charge in [0.15, 0.2) is 5.13 Å². The summed E-state index contributed by atoms with van der Waals surface area (Å²) < 4.78 is 5.43. The molecule has 1 amide bonds. The first-order chi connectivity index (χ1) is 13.6. The molecule has 4 aromatic rings. The van der Waals surface area contributed by atoms with Gasteiger partial charge in [0.2, 0.25) is 0 Å². The standard InChI is InChI=1S/C22H20N2O3S/c1-2-19(25)15-9-7-14(8-10-15)11-16-12-23-22(28-16)24-21(26)18-13-27-20-6-4-3-5-17(18)20/h3-10,12-13,19,25H,2,11H2,1H3,(H,23,24,26). The summed E-state index contributed by atoms with van der Waals surface area (Å²) in [6.07, 6.45) is 4.26. The van der Waals surface area contributed by atoms with Crippen LogP contribution in [-0.2, 0) is 6.42 Å². The zero-order chi connectivity index (χ0) is 19.5. The van der Waals surface area contributed by atoms with Crippen LogP contribution in [0.1, 0.15) is 45.8 Å². The Morgan fingerprint density at radius 1 is 1.21 bits per heavy atom. The molecule has 2 aromatic heterocycles. The molecular formula is C22H20N2O3S. The number of aliphatic hydroxyl groups excluding tert-OH is 1. The molecule has 5 nitrogen and oxygen atoms in total. The van der Waals surface area contributed by atoms with Crippen LogP contribution in [0.5, 0.6) is 0 Å². The molecule has 0 fully saturated rings. The molecule has 2 heterocycles. The highest BCUT2D eigenvalue weighted by Gasteiger charge is 2.15. The molecule has 0 aliphatic rings. The van der Waals surface area contributed by atoms with Crippen LogP contribution in [0.15, 0.2) is 65.4 Å². The molecule has 0 aliphatic carbocycles. The average molecular weight is 392 g/mol. The normalized spacial score (nSPS) is 12.2. The van der Waals surface area contributed by atoms with Crippen LogP contribution in [0.25, 0.3) is 11.0 Å². The second-order valence-electron chi connectivity index (χ2n) is 6.57. The number of amides is 1. The van der Waals surface area contributed by atoms with E-state index in [-0.39, 0.29) is 5.91 Å². The van der Waals surface area contributed by atoms with Crippen molar-refractivity contribution in [1.29, 1.82) is 0 Å². The Morgan fingerprint density at radius 3 is 2.79 bits per heavy atom. The first-order valence-corrected chi connectivity index (χ1v) is 9.95. The van der Waals surface area contributed by atoms with E-state index >= 15 is 0 Å². The van der Waals surface area contributed by atoms with Gasteiger partial charge in [-0.15, -0.1) is 11.3 Å². The zero-order valence-corrected chi connectivity index (χ0v) is 16.2. The highest BCUT2D eigenvalue weighted by Crippen LogP contribution is 2.25. The third kappa shape index (κ3) is 3.83. The number of anilines is 1. The lowest BCUT2D eigenvalue weighted by molar-refractivity contribution is 0.102. The Bertz CT molecular complexity index is 1100. The molecule has 2 N–H and O–H groups in total. The van der Waals surface area contributed by atoms with Crippen LogP contribution in [0.4, 0.5) is 5.13 Å². The molecule has 6 heteroatoms. The van der Waals surface area contributed by atoms with Gasteiger partial charge in [-0.1, -0.05) is 49.4 Å². The fourth-order valence-electron chi connectivity index (χ4n) is 3.06. The highest BCUT2D eigenvalue weighted by atomic mass is 32.1. The van der Waals surface area contributed by atoms with Gasteiger partial charge < -0.3 is 9.52 Å². The summed E-state index contributed by atoms with van der Waals surface area (Å²) in [5.74, 6) is -0.233. The number of thiazole rings is 1. The molecule has 0 aliphatic heterocycles. The Morgan fingerprint density at radius 2 is 2.00 bits per heavy atom. The van der Waals surface area contributed by atoms with Gasteiger partial charge in [0.25, 0.3) is 5.91 Å². The highest BCUT2D eigenvalue weighted by molar-refractivity contribution is 7.15. The first kappa shape index (κ1) is 18.4. The van der Waals surface area contributed by atoms with E-state index in [1.165, 1.54) is 17.6 Å². The molecule has 142 valence electrons. The van der Waals surface area contributed by atoms with E-state index < -0.39 is 6.10 Å². The lowest BCUT2D eigenvalue weighted by atomic mass is 10.0. The summed E-state index contributed by atoms with van der Waals surface area (Å²) in [5.41, 5.74) is 3.24. The van der Waals surface area contributed by atoms with Crippen LogP contribution in [0, 0.1) is 0 Å². The molecule has 0 radical (unpaired) electrons. The van der Waals surface area contributed by atoms with Gasteiger partial charge in [-0.2, -0.15) is 0 Å². The van der Waals surface area contributed by atoms with Gasteiger partial charge in [-0.3, -0.25) is 10.1 Å². The number of hydrogen-bond donors (Lipinski definition) is 2. The Balaban J connectivity index is 1.43. The van der Waals surface area contributed by atoms with Gasteiger partial charge in [0.05, 0.1) is 11.7 Å². The molecule has 4 rings (SSSR count). The minimum Gasteiger partial charge on any atom is -0.463 e. The van der Waals surface area contributed by atoms with E-state index in [0.29, 0.717) is 22.7 Å². The van der Waals surface area contributed by atoms with Crippen molar-refractivity contribution in [1.82, 2.24) is 4.98 Å². The number of rotatable bonds is 6. The van der Waals surface area contributed by atoms with Crippen LogP contribution < -0.4 is 5.32 Å². The molecule has 1 atom stereocenters. The molecule has 0 spiro atoms. The minimum absolute atomic E-state index is 0.233. The van der Waals surface area contributed by atoms with Crippen molar-refractivity contribution in [3.63, 3.8) is 0 Å². The summed E-state index contributed by atoms with van der Waals surface area (Å²) in [7, 11) is 0. The number of furan rings is 1. The number of aromatic nitrogens is 1. The second kappa shape index (κ2) is 7.96. The molecule has 1 unspecified atom stereocenters. The number of nitrogens with one attached hydrogen (secondary N) is 1. The summed E-state index contributed by atoms with van der Waals surface area (Å²) in [6.45, 7) is 1.96. The number of carbonyl (C=O) groups excluding carboxylic acids is 1. The maximum absolute atomic E-state index is 12.6. The van der Waals surface area contributed by atoms with Crippen molar-refractivity contribution in [2.75, 3.05) is 5.32 Å². The van der Waals surface area contributed by atoms with E-state index in [1.54, 1.807) is 6.20 Å². The molecule has 28 heavy (non-hydrogen) atoms. The van der Waals surface area contributed by atoms with Crippen LogP contribution in [0.2, 0.25) is 0 Å². The molecule has 2 aromatic carbocycles. The SMILES string of the molecule is CCC(O)c1ccc(Cc2cnc(NC(=O)c3coc4ccccc34)s2)cc1. The lowest BCUT2D eigenvalue weighted by Crippen LogP contribution is -2.10. The summed E-state index contributed by atoms with van der Waals surface area (Å²) in [6, 6.07) is 15.4. The number of nitrogens with zero attached hydrogens (tertiary/aromatic N) is 1. The fourth-order valence-corrected chi connectivity index (χ4v) is 3.90. The zero-order valence-electron chi connectivity index (χ0n) is 15.4. The van der Waals surface area contributed by atoms with Crippen molar-refractivity contribution in [2.24, 2.45) is 0 Å². The number of aliphatic hydroxyl groups is 1. The predicted octanol–water partition coefficient (Wildman–Crippen LogP) is 5.18. The number of carbonyl (C=O) groups is 1. The van der Waals surface area contributed by atoms with Crippen molar-refractivity contribution in [3.8, 4) is 0 Å². The van der Waals surface area contributed by atoms with Gasteiger partial charge in [0.1, 0.15) is 11.8 Å². The van der Waals surface area contributed by atoms with Crippen LogP contribution in [-0.4, -0.2) is 16.0 Å². The molecular weight excluding hydrogens is 372 g/mol. The number of benzene rings is 2. The average Bonchev–Trinajstić information content (AvgIpc) is 3.34. The Labute approximate surface area is 166 Å². The van der Waals surface area contributed by atoms with Crippen molar-refractivity contribution < 1.29 is 14.3 Å². The van der Waals surface area contributed by atoms with E-state index in [0.717, 1.165) is 27.8 Å². The van der Waals surface area contributed by atoms with E-state index in [2.05, 4.69) is 10.3 Å². The second-order valence-corrected chi connectivity index (χ2v) is 7.69. The Kier molecular flexibility index (Phi) is 5.23. The number of hydrogen-bond acceptors (Lipinski definition) is 5. The van der Waals surface area contributed by atoms with Crippen LogP contribution in [0.3, 0.4) is 0 Å². The predicted molar refractivity (Wildman–Crippen MR) is 111 cm³/mol. The summed E-state index contributed by atoms with van der Waals surface area (Å²) in [4.78, 5) is 17.9. The lowest BCUT2D eigenvalue weighted by Gasteiger charge is -2.08. The van der Waals surface area contributed by atoms with E-state index in [9.17, 15) is 9.90 Å².